The van der Waals surface area contributed by atoms with Crippen molar-refractivity contribution in [3.05, 3.63) is 107 Å². The first-order valence-corrected chi connectivity index (χ1v) is 13.9. The number of likely N-dealkylation sites (N-methyl/N-ethyl adjacent to an activating group) is 1. The number of ether oxygens (including phenoxy) is 1. The molecule has 0 aliphatic rings. The Morgan fingerprint density at radius 2 is 1.46 bits per heavy atom. The van der Waals surface area contributed by atoms with Gasteiger partial charge >= 0.3 is 18.3 Å². The molecule has 0 bridgehead atoms. The molecule has 3 aromatic rings. The Balaban J connectivity index is 0.000000942. The molecule has 0 aliphatic heterocycles. The number of hydrogen-bond acceptors (Lipinski definition) is 5. The van der Waals surface area contributed by atoms with E-state index in [9.17, 15) is 36.2 Å². The van der Waals surface area contributed by atoms with Crippen LogP contribution in [-0.4, -0.2) is 67.0 Å². The van der Waals surface area contributed by atoms with Gasteiger partial charge in [0.05, 0.1) is 5.56 Å². The van der Waals surface area contributed by atoms with Gasteiger partial charge in [-0.3, -0.25) is 4.79 Å². The highest BCUT2D eigenvalue weighted by Gasteiger charge is 2.38. The van der Waals surface area contributed by atoms with Crippen molar-refractivity contribution < 1.29 is 50.9 Å². The zero-order chi connectivity index (χ0) is 34.5. The summed E-state index contributed by atoms with van der Waals surface area (Å²) < 4.78 is 77.9. The molecule has 0 aliphatic carbocycles. The van der Waals surface area contributed by atoms with Crippen LogP contribution in [-0.2, 0) is 15.8 Å². The van der Waals surface area contributed by atoms with E-state index in [4.69, 9.17) is 14.6 Å². The molecule has 0 spiro atoms. The SMILES string of the molecule is CCC(=C(c1ccc(O)cc1)c1ccc(OCCNCC=CC(=O)N(C)C)cc1)c1cccc(C(F)(F)F)c1.O=C(O)C(F)(F)F. The highest BCUT2D eigenvalue weighted by Crippen LogP contribution is 2.38. The molecule has 3 rings (SSSR count). The van der Waals surface area contributed by atoms with Gasteiger partial charge in [-0.1, -0.05) is 49.4 Å². The zero-order valence-electron chi connectivity index (χ0n) is 25.2. The van der Waals surface area contributed by atoms with Crippen LogP contribution < -0.4 is 10.1 Å². The summed E-state index contributed by atoms with van der Waals surface area (Å²) in [5, 5.41) is 20.1. The third-order valence-electron chi connectivity index (χ3n) is 6.25. The number of carboxylic acid groups (broad SMARTS) is 1. The van der Waals surface area contributed by atoms with Crippen molar-refractivity contribution >= 4 is 23.0 Å². The monoisotopic (exact) mass is 652 g/mol. The maximum atomic E-state index is 13.4. The number of nitrogens with zero attached hydrogens (tertiary/aromatic N) is 1. The van der Waals surface area contributed by atoms with Gasteiger partial charge in [0.15, 0.2) is 0 Å². The van der Waals surface area contributed by atoms with Crippen LogP contribution in [0.4, 0.5) is 26.3 Å². The van der Waals surface area contributed by atoms with Crippen LogP contribution in [0.2, 0.25) is 0 Å². The van der Waals surface area contributed by atoms with Crippen molar-refractivity contribution in [3.63, 3.8) is 0 Å². The van der Waals surface area contributed by atoms with Crippen LogP contribution in [0, 0.1) is 0 Å². The van der Waals surface area contributed by atoms with Crippen LogP contribution in [0.1, 0.15) is 35.6 Å². The van der Waals surface area contributed by atoms with Gasteiger partial charge in [0.1, 0.15) is 18.1 Å². The molecule has 1 amide bonds. The normalized spacial score (nSPS) is 12.2. The van der Waals surface area contributed by atoms with E-state index in [2.05, 4.69) is 5.32 Å². The maximum Gasteiger partial charge on any atom is 0.490 e. The number of carboxylic acids is 1. The van der Waals surface area contributed by atoms with E-state index in [1.165, 1.54) is 23.1 Å². The number of phenolic OH excluding ortho intramolecular Hbond substituents is 1. The fourth-order valence-electron chi connectivity index (χ4n) is 4.00. The number of allylic oxidation sites excluding steroid dienone is 1. The van der Waals surface area contributed by atoms with Crippen molar-refractivity contribution in [1.29, 1.82) is 0 Å². The number of aromatic hydroxyl groups is 1. The lowest BCUT2D eigenvalue weighted by Gasteiger charge is -2.18. The van der Waals surface area contributed by atoms with Crippen LogP contribution in [0.3, 0.4) is 0 Å². The van der Waals surface area contributed by atoms with E-state index < -0.39 is 23.9 Å². The Morgan fingerprint density at radius 1 is 0.891 bits per heavy atom. The lowest BCUT2D eigenvalue weighted by Crippen LogP contribution is -2.22. The summed E-state index contributed by atoms with van der Waals surface area (Å²) in [6, 6.07) is 19.4. The first kappa shape index (κ1) is 37.4. The third-order valence-corrected chi connectivity index (χ3v) is 6.25. The van der Waals surface area contributed by atoms with E-state index in [1.54, 1.807) is 50.5 Å². The molecule has 0 unspecified atom stereocenters. The van der Waals surface area contributed by atoms with Crippen molar-refractivity contribution in [3.8, 4) is 11.5 Å². The number of amides is 1. The molecule has 0 heterocycles. The summed E-state index contributed by atoms with van der Waals surface area (Å²) in [5.74, 6) is -2.07. The molecule has 0 atom stereocenters. The molecule has 0 aromatic heterocycles. The average Bonchev–Trinajstić information content (AvgIpc) is 2.99. The number of phenols is 1. The Labute approximate surface area is 262 Å². The van der Waals surface area contributed by atoms with Crippen LogP contribution in [0.5, 0.6) is 11.5 Å². The number of hydrogen-bond donors (Lipinski definition) is 3. The molecule has 0 fully saturated rings. The third kappa shape index (κ3) is 12.0. The molecule has 0 radical (unpaired) electrons. The summed E-state index contributed by atoms with van der Waals surface area (Å²) in [4.78, 5) is 21.9. The number of rotatable bonds is 11. The molecule has 13 heteroatoms. The summed E-state index contributed by atoms with van der Waals surface area (Å²) in [5.41, 5.74) is 2.92. The van der Waals surface area contributed by atoms with E-state index in [0.29, 0.717) is 37.4 Å². The van der Waals surface area contributed by atoms with E-state index in [0.717, 1.165) is 28.3 Å². The first-order chi connectivity index (χ1) is 21.5. The Hall–Kier alpha value is -4.78. The fourth-order valence-corrected chi connectivity index (χ4v) is 4.00. The lowest BCUT2D eigenvalue weighted by atomic mass is 9.87. The summed E-state index contributed by atoms with van der Waals surface area (Å²) >= 11 is 0. The Bertz CT molecular complexity index is 1500. The average molecular weight is 653 g/mol. The topological polar surface area (TPSA) is 99.1 Å². The van der Waals surface area contributed by atoms with Crippen molar-refractivity contribution in [2.24, 2.45) is 0 Å². The molecule has 46 heavy (non-hydrogen) atoms. The van der Waals surface area contributed by atoms with Crippen molar-refractivity contribution in [2.45, 2.75) is 25.7 Å². The fraction of sp³-hybridized carbons (Fsp3) is 0.273. The molecular weight excluding hydrogens is 618 g/mol. The van der Waals surface area contributed by atoms with Gasteiger partial charge in [0.25, 0.3) is 0 Å². The minimum Gasteiger partial charge on any atom is -0.508 e. The predicted molar refractivity (Wildman–Crippen MR) is 162 cm³/mol. The minimum absolute atomic E-state index is 0.0758. The standard InChI is InChI=1S/C31H33F3N2O3.C2HF3O2/c1-4-28(24-7-5-8-25(21-24)31(32,33)34)30(22-10-14-26(37)15-11-22)23-12-16-27(17-13-23)39-20-19-35-18-6-9-29(38)36(2)3;3-2(4,5)1(6)7/h5-17,21,35,37H,4,18-20H2,1-3H3;(H,6,7). The number of benzene rings is 3. The smallest absolute Gasteiger partial charge is 0.490 e. The predicted octanol–water partition coefficient (Wildman–Crippen LogP) is 7.03. The second-order valence-corrected chi connectivity index (χ2v) is 9.85. The molecule has 0 saturated carbocycles. The molecule has 3 aromatic carbocycles. The largest absolute Gasteiger partial charge is 0.508 e. The summed E-state index contributed by atoms with van der Waals surface area (Å²) in [7, 11) is 3.38. The molecule has 3 N–H and O–H groups in total. The Morgan fingerprint density at radius 3 is 1.96 bits per heavy atom. The molecule has 0 saturated heterocycles. The second-order valence-electron chi connectivity index (χ2n) is 9.85. The van der Waals surface area contributed by atoms with E-state index in [1.807, 2.05) is 31.2 Å². The molecule has 248 valence electrons. The number of alkyl halides is 6. The van der Waals surface area contributed by atoms with Crippen LogP contribution >= 0.6 is 0 Å². The zero-order valence-corrected chi connectivity index (χ0v) is 25.2. The van der Waals surface area contributed by atoms with Gasteiger partial charge in [-0.2, -0.15) is 26.3 Å². The maximum absolute atomic E-state index is 13.4. The lowest BCUT2D eigenvalue weighted by molar-refractivity contribution is -0.192. The van der Waals surface area contributed by atoms with Gasteiger partial charge in [-0.15, -0.1) is 0 Å². The number of nitrogens with one attached hydrogen (secondary N) is 1. The highest BCUT2D eigenvalue weighted by molar-refractivity contribution is 5.98. The van der Waals surface area contributed by atoms with Crippen molar-refractivity contribution in [1.82, 2.24) is 10.2 Å². The first-order valence-electron chi connectivity index (χ1n) is 13.9. The number of carbonyl (C=O) groups excluding carboxylic acids is 1. The highest BCUT2D eigenvalue weighted by atomic mass is 19.4. The molecular formula is C33H34F6N2O5. The summed E-state index contributed by atoms with van der Waals surface area (Å²) in [6.45, 7) is 3.44. The quantitative estimate of drug-likeness (QED) is 0.0891. The van der Waals surface area contributed by atoms with Gasteiger partial charge in [-0.05, 0) is 70.7 Å². The number of carbonyl (C=O) groups is 2. The second kappa shape index (κ2) is 17.1. The van der Waals surface area contributed by atoms with E-state index >= 15 is 0 Å². The van der Waals surface area contributed by atoms with Crippen LogP contribution in [0.25, 0.3) is 11.1 Å². The number of aliphatic carboxylic acids is 1. The Kier molecular flexibility index (Phi) is 13.9. The minimum atomic E-state index is -5.08. The van der Waals surface area contributed by atoms with Gasteiger partial charge in [-0.25, -0.2) is 4.79 Å². The van der Waals surface area contributed by atoms with Crippen LogP contribution in [0.15, 0.2) is 84.9 Å². The van der Waals surface area contributed by atoms with E-state index in [-0.39, 0.29) is 11.7 Å². The van der Waals surface area contributed by atoms with Gasteiger partial charge < -0.3 is 25.2 Å². The molecule has 7 nitrogen and oxygen atoms in total. The van der Waals surface area contributed by atoms with Gasteiger partial charge in [0, 0.05) is 33.3 Å². The van der Waals surface area contributed by atoms with Gasteiger partial charge in [0.2, 0.25) is 5.91 Å². The number of halogens is 6. The summed E-state index contributed by atoms with van der Waals surface area (Å²) in [6.07, 6.45) is -5.77. The van der Waals surface area contributed by atoms with Crippen molar-refractivity contribution in [2.75, 3.05) is 33.8 Å².